The van der Waals surface area contributed by atoms with Crippen molar-refractivity contribution in [3.63, 3.8) is 0 Å². The van der Waals surface area contributed by atoms with Crippen molar-refractivity contribution in [1.82, 2.24) is 14.8 Å². The van der Waals surface area contributed by atoms with Crippen molar-refractivity contribution < 1.29 is 4.42 Å². The summed E-state index contributed by atoms with van der Waals surface area (Å²) in [5.41, 5.74) is 3.37. The minimum atomic E-state index is 0.405. The highest BCUT2D eigenvalue weighted by atomic mass is 16.3. The standard InChI is InChI=1S/C15H15N3O/c1-11(2)13-8-12(15-9-16-10-19-15)4-5-14(13)18-7-3-6-17-18/h3-11H,1-2H3. The van der Waals surface area contributed by atoms with Gasteiger partial charge in [0.25, 0.3) is 0 Å². The molecule has 0 spiro atoms. The van der Waals surface area contributed by atoms with Crippen molar-refractivity contribution in [3.05, 3.63) is 54.8 Å². The molecule has 19 heavy (non-hydrogen) atoms. The van der Waals surface area contributed by atoms with Crippen LogP contribution in [0.2, 0.25) is 0 Å². The van der Waals surface area contributed by atoms with Crippen molar-refractivity contribution in [1.29, 1.82) is 0 Å². The van der Waals surface area contributed by atoms with Gasteiger partial charge in [0.1, 0.15) is 0 Å². The monoisotopic (exact) mass is 253 g/mol. The average Bonchev–Trinajstić information content (AvgIpc) is 3.11. The third-order valence-electron chi connectivity index (χ3n) is 3.12. The Hall–Kier alpha value is -2.36. The molecule has 0 aliphatic heterocycles. The lowest BCUT2D eigenvalue weighted by Crippen LogP contribution is -2.02. The first-order chi connectivity index (χ1) is 9.25. The minimum Gasteiger partial charge on any atom is -0.444 e. The van der Waals surface area contributed by atoms with Gasteiger partial charge in [0, 0.05) is 18.0 Å². The fraction of sp³-hybridized carbons (Fsp3) is 0.200. The molecular formula is C15H15N3O. The summed E-state index contributed by atoms with van der Waals surface area (Å²) in [5.74, 6) is 1.19. The van der Waals surface area contributed by atoms with E-state index in [4.69, 9.17) is 4.42 Å². The molecular weight excluding hydrogens is 238 g/mol. The van der Waals surface area contributed by atoms with E-state index in [2.05, 4.69) is 36.1 Å². The van der Waals surface area contributed by atoms with Crippen LogP contribution >= 0.6 is 0 Å². The van der Waals surface area contributed by atoms with Gasteiger partial charge in [-0.3, -0.25) is 0 Å². The Morgan fingerprint density at radius 2 is 2.16 bits per heavy atom. The molecule has 3 rings (SSSR count). The van der Waals surface area contributed by atoms with Gasteiger partial charge in [0.05, 0.1) is 11.9 Å². The third-order valence-corrected chi connectivity index (χ3v) is 3.12. The van der Waals surface area contributed by atoms with Crippen LogP contribution in [0.25, 0.3) is 17.0 Å². The number of nitrogens with zero attached hydrogens (tertiary/aromatic N) is 3. The first-order valence-electron chi connectivity index (χ1n) is 6.28. The van der Waals surface area contributed by atoms with Crippen LogP contribution in [0, 0.1) is 0 Å². The Labute approximate surface area is 111 Å². The fourth-order valence-electron chi connectivity index (χ4n) is 2.15. The summed E-state index contributed by atoms with van der Waals surface area (Å²) >= 11 is 0. The lowest BCUT2D eigenvalue weighted by Gasteiger charge is -2.14. The SMILES string of the molecule is CC(C)c1cc(-c2cnco2)ccc1-n1cccn1. The van der Waals surface area contributed by atoms with Gasteiger partial charge >= 0.3 is 0 Å². The molecule has 0 aliphatic carbocycles. The van der Waals surface area contributed by atoms with E-state index in [0.717, 1.165) is 17.0 Å². The Balaban J connectivity index is 2.12. The van der Waals surface area contributed by atoms with E-state index in [1.807, 2.05) is 23.0 Å². The maximum absolute atomic E-state index is 5.35. The molecule has 0 amide bonds. The average molecular weight is 253 g/mol. The van der Waals surface area contributed by atoms with Crippen molar-refractivity contribution in [2.45, 2.75) is 19.8 Å². The van der Waals surface area contributed by atoms with Gasteiger partial charge < -0.3 is 4.42 Å². The predicted molar refractivity (Wildman–Crippen MR) is 73.2 cm³/mol. The summed E-state index contributed by atoms with van der Waals surface area (Å²) < 4.78 is 7.24. The van der Waals surface area contributed by atoms with Crippen LogP contribution in [0.3, 0.4) is 0 Å². The van der Waals surface area contributed by atoms with Crippen LogP contribution in [-0.4, -0.2) is 14.8 Å². The molecule has 4 heteroatoms. The maximum atomic E-state index is 5.35. The first-order valence-corrected chi connectivity index (χ1v) is 6.28. The second-order valence-corrected chi connectivity index (χ2v) is 4.74. The van der Waals surface area contributed by atoms with Crippen molar-refractivity contribution in [2.24, 2.45) is 0 Å². The van der Waals surface area contributed by atoms with Gasteiger partial charge in [0.15, 0.2) is 12.2 Å². The maximum Gasteiger partial charge on any atom is 0.181 e. The number of hydrogen-bond acceptors (Lipinski definition) is 3. The number of hydrogen-bond donors (Lipinski definition) is 0. The summed E-state index contributed by atoms with van der Waals surface area (Å²) in [6, 6.07) is 8.17. The second-order valence-electron chi connectivity index (χ2n) is 4.74. The van der Waals surface area contributed by atoms with Crippen molar-refractivity contribution in [2.75, 3.05) is 0 Å². The van der Waals surface area contributed by atoms with E-state index in [1.165, 1.54) is 12.0 Å². The molecule has 0 radical (unpaired) electrons. The van der Waals surface area contributed by atoms with Crippen LogP contribution in [0.5, 0.6) is 0 Å². The first kappa shape index (κ1) is 11.7. The van der Waals surface area contributed by atoms with Crippen LogP contribution in [0.1, 0.15) is 25.3 Å². The van der Waals surface area contributed by atoms with Gasteiger partial charge in [-0.05, 0) is 35.7 Å². The van der Waals surface area contributed by atoms with E-state index < -0.39 is 0 Å². The molecule has 0 bridgehead atoms. The molecule has 0 saturated carbocycles. The number of benzene rings is 1. The zero-order valence-electron chi connectivity index (χ0n) is 10.9. The fourth-order valence-corrected chi connectivity index (χ4v) is 2.15. The number of aromatic nitrogens is 3. The largest absolute Gasteiger partial charge is 0.444 e. The zero-order valence-corrected chi connectivity index (χ0v) is 10.9. The van der Waals surface area contributed by atoms with Crippen LogP contribution in [-0.2, 0) is 0 Å². The molecule has 1 aromatic carbocycles. The molecule has 96 valence electrons. The number of oxazole rings is 1. The topological polar surface area (TPSA) is 43.9 Å². The molecule has 0 saturated heterocycles. The molecule has 2 heterocycles. The molecule has 3 aromatic rings. The number of rotatable bonds is 3. The molecule has 4 nitrogen and oxygen atoms in total. The van der Waals surface area contributed by atoms with E-state index in [9.17, 15) is 0 Å². The van der Waals surface area contributed by atoms with Gasteiger partial charge in [-0.1, -0.05) is 13.8 Å². The second kappa shape index (κ2) is 4.72. The summed E-state index contributed by atoms with van der Waals surface area (Å²) in [4.78, 5) is 3.96. The summed E-state index contributed by atoms with van der Waals surface area (Å²) in [5, 5.41) is 4.30. The van der Waals surface area contributed by atoms with E-state index in [1.54, 1.807) is 12.4 Å². The molecule has 2 aromatic heterocycles. The van der Waals surface area contributed by atoms with E-state index in [0.29, 0.717) is 5.92 Å². The predicted octanol–water partition coefficient (Wildman–Crippen LogP) is 3.65. The summed E-state index contributed by atoms with van der Waals surface area (Å²) in [6.45, 7) is 4.35. The Kier molecular flexibility index (Phi) is 2.91. The molecule has 0 fully saturated rings. The highest BCUT2D eigenvalue weighted by molar-refractivity contribution is 5.61. The van der Waals surface area contributed by atoms with Crippen molar-refractivity contribution >= 4 is 0 Å². The minimum absolute atomic E-state index is 0.405. The Morgan fingerprint density at radius 1 is 1.26 bits per heavy atom. The Bertz CT molecular complexity index is 655. The normalized spacial score (nSPS) is 11.1. The molecule has 0 unspecified atom stereocenters. The van der Waals surface area contributed by atoms with Crippen LogP contribution in [0.15, 0.2) is 53.7 Å². The smallest absolute Gasteiger partial charge is 0.181 e. The lowest BCUT2D eigenvalue weighted by molar-refractivity contribution is 0.572. The third kappa shape index (κ3) is 2.17. The highest BCUT2D eigenvalue weighted by Gasteiger charge is 2.11. The van der Waals surface area contributed by atoms with Crippen LogP contribution < -0.4 is 0 Å². The van der Waals surface area contributed by atoms with Gasteiger partial charge in [-0.15, -0.1) is 0 Å². The van der Waals surface area contributed by atoms with Gasteiger partial charge in [0.2, 0.25) is 0 Å². The van der Waals surface area contributed by atoms with Gasteiger partial charge in [-0.25, -0.2) is 9.67 Å². The zero-order chi connectivity index (χ0) is 13.2. The summed E-state index contributed by atoms with van der Waals surface area (Å²) in [7, 11) is 0. The van der Waals surface area contributed by atoms with Crippen LogP contribution in [0.4, 0.5) is 0 Å². The van der Waals surface area contributed by atoms with E-state index in [-0.39, 0.29) is 0 Å². The molecule has 0 aliphatic rings. The Morgan fingerprint density at radius 3 is 2.79 bits per heavy atom. The lowest BCUT2D eigenvalue weighted by atomic mass is 9.98. The summed E-state index contributed by atoms with van der Waals surface area (Å²) in [6.07, 6.45) is 6.92. The molecule has 0 N–H and O–H groups in total. The molecule has 0 atom stereocenters. The van der Waals surface area contributed by atoms with Gasteiger partial charge in [-0.2, -0.15) is 5.10 Å². The quantitative estimate of drug-likeness (QED) is 0.715. The van der Waals surface area contributed by atoms with Crippen molar-refractivity contribution in [3.8, 4) is 17.0 Å². The highest BCUT2D eigenvalue weighted by Crippen LogP contribution is 2.28. The van der Waals surface area contributed by atoms with E-state index >= 15 is 0 Å².